The van der Waals surface area contributed by atoms with Gasteiger partial charge in [0, 0.05) is 12.6 Å². The summed E-state index contributed by atoms with van der Waals surface area (Å²) in [7, 11) is 0. The highest BCUT2D eigenvalue weighted by molar-refractivity contribution is 5.54. The number of halogens is 1. The van der Waals surface area contributed by atoms with Gasteiger partial charge in [-0.2, -0.15) is 10.4 Å². The van der Waals surface area contributed by atoms with Gasteiger partial charge in [-0.05, 0) is 29.8 Å². The third-order valence-electron chi connectivity index (χ3n) is 2.80. The van der Waals surface area contributed by atoms with E-state index in [0.29, 0.717) is 23.5 Å². The molecule has 0 spiro atoms. The first-order valence-electron chi connectivity index (χ1n) is 5.75. The average molecular weight is 252 g/mol. The topological polar surface area (TPSA) is 54.0 Å². The van der Waals surface area contributed by atoms with Gasteiger partial charge >= 0.3 is 0 Å². The van der Waals surface area contributed by atoms with Crippen molar-refractivity contribution in [3.8, 4) is 6.07 Å². The zero-order valence-corrected chi connectivity index (χ0v) is 9.92. The number of pyridine rings is 1. The lowest BCUT2D eigenvalue weighted by atomic mass is 10.1. The quantitative estimate of drug-likeness (QED) is 0.703. The van der Waals surface area contributed by atoms with Crippen LogP contribution in [0.5, 0.6) is 0 Å². The van der Waals surface area contributed by atoms with Crippen molar-refractivity contribution in [1.29, 1.82) is 5.26 Å². The average Bonchev–Trinajstić information content (AvgIpc) is 2.83. The van der Waals surface area contributed by atoms with E-state index < -0.39 is 0 Å². The number of nitrogens with zero attached hydrogens (tertiary/aromatic N) is 4. The van der Waals surface area contributed by atoms with Crippen LogP contribution in [-0.2, 0) is 6.42 Å². The minimum absolute atomic E-state index is 0.265. The van der Waals surface area contributed by atoms with Crippen LogP contribution in [0.2, 0.25) is 0 Å². The summed E-state index contributed by atoms with van der Waals surface area (Å²) >= 11 is 0. The van der Waals surface area contributed by atoms with Gasteiger partial charge in [-0.15, -0.1) is 0 Å². The number of benzene rings is 1. The normalized spacial score (nSPS) is 10.5. The van der Waals surface area contributed by atoms with Crippen LogP contribution in [0.25, 0.3) is 5.65 Å². The lowest BCUT2D eigenvalue weighted by molar-refractivity contribution is 0.627. The van der Waals surface area contributed by atoms with Crippen molar-refractivity contribution in [2.24, 2.45) is 0 Å². The van der Waals surface area contributed by atoms with E-state index in [9.17, 15) is 4.39 Å². The number of aromatic nitrogens is 3. The van der Waals surface area contributed by atoms with Crippen molar-refractivity contribution in [1.82, 2.24) is 14.6 Å². The molecule has 2 heterocycles. The predicted molar refractivity (Wildman–Crippen MR) is 66.9 cm³/mol. The lowest BCUT2D eigenvalue weighted by Gasteiger charge is -1.95. The zero-order chi connectivity index (χ0) is 13.2. The first-order valence-corrected chi connectivity index (χ1v) is 5.75. The number of nitriles is 1. The molecule has 1 aromatic carbocycles. The summed E-state index contributed by atoms with van der Waals surface area (Å²) in [6, 6.07) is 11.8. The molecule has 3 aromatic rings. The van der Waals surface area contributed by atoms with Gasteiger partial charge in [0.25, 0.3) is 0 Å². The van der Waals surface area contributed by atoms with Crippen LogP contribution in [0.3, 0.4) is 0 Å². The van der Waals surface area contributed by atoms with Crippen LogP contribution in [0.15, 0.2) is 42.6 Å². The Hall–Kier alpha value is -2.74. The monoisotopic (exact) mass is 252 g/mol. The van der Waals surface area contributed by atoms with E-state index in [-0.39, 0.29) is 5.82 Å². The molecule has 92 valence electrons. The smallest absolute Gasteiger partial charge is 0.173 e. The minimum atomic E-state index is -0.265. The van der Waals surface area contributed by atoms with E-state index in [4.69, 9.17) is 5.26 Å². The molecule has 0 aliphatic rings. The molecule has 4 nitrogen and oxygen atoms in total. The maximum Gasteiger partial charge on any atom is 0.173 e. The van der Waals surface area contributed by atoms with Crippen LogP contribution in [-0.4, -0.2) is 14.6 Å². The van der Waals surface area contributed by atoms with E-state index in [2.05, 4.69) is 16.2 Å². The van der Waals surface area contributed by atoms with Crippen LogP contribution < -0.4 is 0 Å². The first kappa shape index (κ1) is 11.4. The third kappa shape index (κ3) is 2.16. The Morgan fingerprint density at radius 3 is 2.74 bits per heavy atom. The summed E-state index contributed by atoms with van der Waals surface area (Å²) in [6.45, 7) is 0. The number of fused-ring (bicyclic) bond motifs is 1. The standard InChI is InChI=1S/C14H9FN4/c15-12-5-3-10(4-6-12)8-13-17-14-11(9-16)2-1-7-19(14)18-13/h1-7H,8H2. The largest absolute Gasteiger partial charge is 0.219 e. The van der Waals surface area contributed by atoms with Crippen LogP contribution in [0.1, 0.15) is 17.0 Å². The van der Waals surface area contributed by atoms with Crippen molar-refractivity contribution in [2.45, 2.75) is 6.42 Å². The molecule has 3 rings (SSSR count). The maximum absolute atomic E-state index is 12.8. The molecule has 2 aromatic heterocycles. The van der Waals surface area contributed by atoms with Crippen molar-refractivity contribution < 1.29 is 4.39 Å². The molecule has 0 aliphatic carbocycles. The predicted octanol–water partition coefficient (Wildman–Crippen LogP) is 2.33. The van der Waals surface area contributed by atoms with E-state index in [1.54, 1.807) is 35.0 Å². The Morgan fingerprint density at radius 1 is 1.21 bits per heavy atom. The Kier molecular flexibility index (Phi) is 2.69. The van der Waals surface area contributed by atoms with Crippen molar-refractivity contribution in [3.05, 3.63) is 65.4 Å². The first-order chi connectivity index (χ1) is 9.26. The molecule has 0 aliphatic heterocycles. The minimum Gasteiger partial charge on any atom is -0.219 e. The van der Waals surface area contributed by atoms with Gasteiger partial charge in [0.2, 0.25) is 0 Å². The fourth-order valence-corrected chi connectivity index (χ4v) is 1.90. The van der Waals surface area contributed by atoms with Crippen LogP contribution in [0, 0.1) is 17.1 Å². The Labute approximate surface area is 108 Å². The van der Waals surface area contributed by atoms with Crippen LogP contribution in [0.4, 0.5) is 4.39 Å². The van der Waals surface area contributed by atoms with Gasteiger partial charge in [0.05, 0.1) is 5.56 Å². The molecule has 0 fully saturated rings. The van der Waals surface area contributed by atoms with E-state index in [1.165, 1.54) is 12.1 Å². The third-order valence-corrected chi connectivity index (χ3v) is 2.80. The fraction of sp³-hybridized carbons (Fsp3) is 0.0714. The maximum atomic E-state index is 12.8. The molecule has 0 saturated carbocycles. The van der Waals surface area contributed by atoms with Gasteiger partial charge in [-0.3, -0.25) is 0 Å². The summed E-state index contributed by atoms with van der Waals surface area (Å²) in [4.78, 5) is 4.34. The Balaban J connectivity index is 1.98. The van der Waals surface area contributed by atoms with E-state index >= 15 is 0 Å². The van der Waals surface area contributed by atoms with Crippen LogP contribution >= 0.6 is 0 Å². The fourth-order valence-electron chi connectivity index (χ4n) is 1.90. The van der Waals surface area contributed by atoms with Gasteiger partial charge < -0.3 is 0 Å². The van der Waals surface area contributed by atoms with E-state index in [1.807, 2.05) is 0 Å². The Morgan fingerprint density at radius 2 is 2.00 bits per heavy atom. The van der Waals surface area contributed by atoms with Gasteiger partial charge in [0.1, 0.15) is 11.9 Å². The molecule has 0 unspecified atom stereocenters. The van der Waals surface area contributed by atoms with Crippen molar-refractivity contribution in [2.75, 3.05) is 0 Å². The molecule has 0 amide bonds. The summed E-state index contributed by atoms with van der Waals surface area (Å²) in [6.07, 6.45) is 2.25. The second kappa shape index (κ2) is 4.50. The molecule has 19 heavy (non-hydrogen) atoms. The second-order valence-corrected chi connectivity index (χ2v) is 4.13. The highest BCUT2D eigenvalue weighted by Crippen LogP contribution is 2.11. The molecular formula is C14H9FN4. The second-order valence-electron chi connectivity index (χ2n) is 4.13. The molecular weight excluding hydrogens is 243 g/mol. The summed E-state index contributed by atoms with van der Waals surface area (Å²) in [5.74, 6) is 0.341. The van der Waals surface area contributed by atoms with Crippen molar-refractivity contribution >= 4 is 5.65 Å². The zero-order valence-electron chi connectivity index (χ0n) is 9.92. The van der Waals surface area contributed by atoms with Gasteiger partial charge in [-0.1, -0.05) is 12.1 Å². The Bertz CT molecular complexity index is 768. The van der Waals surface area contributed by atoms with Crippen molar-refractivity contribution in [3.63, 3.8) is 0 Å². The highest BCUT2D eigenvalue weighted by Gasteiger charge is 2.08. The molecule has 5 heteroatoms. The molecule has 0 radical (unpaired) electrons. The molecule has 0 N–H and O–H groups in total. The lowest BCUT2D eigenvalue weighted by Crippen LogP contribution is -1.92. The van der Waals surface area contributed by atoms with E-state index in [0.717, 1.165) is 5.56 Å². The SMILES string of the molecule is N#Cc1cccn2nc(Cc3ccc(F)cc3)nc12. The molecule has 0 bridgehead atoms. The summed E-state index contributed by atoms with van der Waals surface area (Å²) in [5, 5.41) is 13.3. The van der Waals surface area contributed by atoms with Gasteiger partial charge in [-0.25, -0.2) is 13.9 Å². The highest BCUT2D eigenvalue weighted by atomic mass is 19.1. The van der Waals surface area contributed by atoms with Gasteiger partial charge in [0.15, 0.2) is 11.5 Å². The molecule has 0 saturated heterocycles. The number of rotatable bonds is 2. The summed E-state index contributed by atoms with van der Waals surface area (Å²) < 4.78 is 14.4. The summed E-state index contributed by atoms with van der Waals surface area (Å²) in [5.41, 5.74) is 1.96. The number of hydrogen-bond donors (Lipinski definition) is 0. The number of hydrogen-bond acceptors (Lipinski definition) is 3. The molecule has 0 atom stereocenters.